The van der Waals surface area contributed by atoms with Crippen molar-refractivity contribution < 1.29 is 62.9 Å². The molecule has 6 heterocycles. The van der Waals surface area contributed by atoms with Gasteiger partial charge in [-0.3, -0.25) is 58.1 Å². The van der Waals surface area contributed by atoms with Gasteiger partial charge in [-0.2, -0.15) is 0 Å². The third kappa shape index (κ3) is 13.7. The maximum Gasteiger partial charge on any atom is 0.351 e. The SMILES string of the molecule is CC[C@H]1c2cc3[nH]c4c(c3C)C(=O)C(O)(C(=O)OC)c4c3nc(cc4[nH]c(cc(n2)[C@@H]1C)c(C(C)=O)c4C)[C@@H](C)[C@@H]3CC(=O)NCCCC[C@@H]1NC(=O)[C@@H](Cc2ccccc2)NC(=O)[C@H](CC(=O)O)NC(=O)CNC(=O)[C@H](CCCN=C(N)N)NC1=O. The monoisotopic (exact) mass is 1200 g/mol. The maximum absolute atomic E-state index is 14.7. The van der Waals surface area contributed by atoms with Gasteiger partial charge in [0.15, 0.2) is 11.7 Å². The van der Waals surface area contributed by atoms with Gasteiger partial charge in [-0.15, -0.1) is 0 Å². The number of unbranched alkanes of at least 4 members (excludes halogenated alkanes) is 1. The van der Waals surface area contributed by atoms with Gasteiger partial charge in [-0.25, -0.2) is 4.79 Å². The molecule has 1 fully saturated rings. The number of aliphatic hydroxyl groups is 1. The van der Waals surface area contributed by atoms with Crippen LogP contribution in [-0.4, -0.2) is 146 Å². The van der Waals surface area contributed by atoms with Crippen LogP contribution in [0.4, 0.5) is 0 Å². The number of aliphatic imine (C=N–C) groups is 1. The Bertz CT molecular complexity index is 3630. The Balaban J connectivity index is 1.10. The number of aryl methyl sites for hydroxylation is 2. The highest BCUT2D eigenvalue weighted by Crippen LogP contribution is 2.49. The van der Waals surface area contributed by atoms with E-state index in [0.717, 1.165) is 24.9 Å². The minimum atomic E-state index is -2.87. The van der Waals surface area contributed by atoms with Crippen molar-refractivity contribution in [2.24, 2.45) is 16.5 Å². The minimum absolute atomic E-state index is 0.0290. The summed E-state index contributed by atoms with van der Waals surface area (Å²) in [5, 5.41) is 37.8. The van der Waals surface area contributed by atoms with E-state index in [1.807, 2.05) is 26.0 Å². The third-order valence-corrected chi connectivity index (χ3v) is 16.8. The summed E-state index contributed by atoms with van der Waals surface area (Å²) in [6, 6.07) is 8.31. The van der Waals surface area contributed by atoms with Crippen LogP contribution in [0.2, 0.25) is 0 Å². The molecule has 14 N–H and O–H groups in total. The van der Waals surface area contributed by atoms with Crippen LogP contribution < -0.4 is 43.4 Å². The third-order valence-electron chi connectivity index (χ3n) is 16.8. The lowest BCUT2D eigenvalue weighted by molar-refractivity contribution is -0.157. The molecule has 9 atom stereocenters. The Labute approximate surface area is 500 Å². The fourth-order valence-electron chi connectivity index (χ4n) is 12.1. The highest BCUT2D eigenvalue weighted by molar-refractivity contribution is 6.26. The first-order valence-electron chi connectivity index (χ1n) is 29.1. The molecule has 4 aromatic rings. The Morgan fingerprint density at radius 3 is 2.02 bits per heavy atom. The van der Waals surface area contributed by atoms with Crippen molar-refractivity contribution in [3.8, 4) is 0 Å². The highest BCUT2D eigenvalue weighted by Gasteiger charge is 2.57. The van der Waals surface area contributed by atoms with Gasteiger partial charge in [0.05, 0.1) is 42.4 Å². The second-order valence-corrected chi connectivity index (χ2v) is 22.7. The second kappa shape index (κ2) is 26.9. The van der Waals surface area contributed by atoms with Crippen molar-refractivity contribution in [1.29, 1.82) is 0 Å². The number of H-pyrrole nitrogens is 2. The van der Waals surface area contributed by atoms with Crippen molar-refractivity contribution in [2.75, 3.05) is 26.7 Å². The number of carboxylic acids is 1. The van der Waals surface area contributed by atoms with Crippen LogP contribution in [0, 0.1) is 13.8 Å². The number of hydrogen-bond donors (Lipinski definition) is 12. The molecule has 0 spiro atoms. The number of benzene rings is 1. The van der Waals surface area contributed by atoms with E-state index in [2.05, 4.69) is 53.8 Å². The quantitative estimate of drug-likeness (QED) is 0.0170. The van der Waals surface area contributed by atoms with E-state index in [1.165, 1.54) is 6.92 Å². The van der Waals surface area contributed by atoms with E-state index < -0.39 is 108 Å². The Morgan fingerprint density at radius 1 is 0.747 bits per heavy atom. The van der Waals surface area contributed by atoms with Crippen LogP contribution >= 0.6 is 0 Å². The number of esters is 1. The van der Waals surface area contributed by atoms with Crippen LogP contribution in [0.1, 0.15) is 168 Å². The number of nitrogens with zero attached hydrogens (tertiary/aromatic N) is 3. The number of carboxylic acid groups (broad SMARTS) is 1. The molecule has 1 saturated heterocycles. The van der Waals surface area contributed by atoms with Gasteiger partial charge in [0.25, 0.3) is 5.60 Å². The summed E-state index contributed by atoms with van der Waals surface area (Å²) in [7, 11) is 1.05. The number of rotatable bonds is 18. The zero-order valence-corrected chi connectivity index (χ0v) is 49.6. The molecule has 26 heteroatoms. The van der Waals surface area contributed by atoms with E-state index in [-0.39, 0.29) is 104 Å². The van der Waals surface area contributed by atoms with Crippen molar-refractivity contribution in [2.45, 2.75) is 153 Å². The molecule has 87 heavy (non-hydrogen) atoms. The first-order valence-corrected chi connectivity index (χ1v) is 29.1. The molecule has 6 amide bonds. The second-order valence-electron chi connectivity index (χ2n) is 22.7. The summed E-state index contributed by atoms with van der Waals surface area (Å²) in [4.78, 5) is 158. The average Bonchev–Trinajstić information content (AvgIpc) is 1.57. The molecule has 1 aliphatic carbocycles. The fourth-order valence-corrected chi connectivity index (χ4v) is 12.1. The number of ketones is 2. The van der Waals surface area contributed by atoms with Gasteiger partial charge in [-0.1, -0.05) is 51.1 Å². The largest absolute Gasteiger partial charge is 0.481 e. The normalized spacial score (nSPS) is 23.2. The molecule has 4 aliphatic rings. The van der Waals surface area contributed by atoms with Gasteiger partial charge < -0.3 is 68.3 Å². The molecule has 8 rings (SSSR count). The molecule has 0 radical (unpaired) electrons. The number of hydrogen-bond acceptors (Lipinski definition) is 15. The predicted molar refractivity (Wildman–Crippen MR) is 318 cm³/mol. The summed E-state index contributed by atoms with van der Waals surface area (Å²) >= 11 is 0. The topological polar surface area (TPSA) is 414 Å². The highest BCUT2D eigenvalue weighted by atomic mass is 16.5. The Morgan fingerprint density at radius 2 is 1.36 bits per heavy atom. The Kier molecular flexibility index (Phi) is 19.7. The molecular formula is C61H75N13O13. The summed E-state index contributed by atoms with van der Waals surface area (Å²) < 4.78 is 5.12. The van der Waals surface area contributed by atoms with Crippen LogP contribution in [0.3, 0.4) is 0 Å². The van der Waals surface area contributed by atoms with Crippen molar-refractivity contribution in [1.82, 2.24) is 51.8 Å². The van der Waals surface area contributed by atoms with Crippen molar-refractivity contribution in [3.05, 3.63) is 105 Å². The van der Waals surface area contributed by atoms with E-state index >= 15 is 0 Å². The molecule has 462 valence electrons. The molecule has 0 saturated carbocycles. The van der Waals surface area contributed by atoms with E-state index in [1.54, 1.807) is 50.2 Å². The number of fused-ring (bicyclic) bond motifs is 8. The molecular weight excluding hydrogens is 1120 g/mol. The van der Waals surface area contributed by atoms with Crippen LogP contribution in [-0.2, 0) is 55.1 Å². The Hall–Kier alpha value is -9.33. The maximum atomic E-state index is 14.7. The summed E-state index contributed by atoms with van der Waals surface area (Å²) in [5.74, 6) is -10.5. The number of carbonyl (C=O) groups excluding carboxylic acids is 9. The number of amides is 6. The summed E-state index contributed by atoms with van der Waals surface area (Å²) in [6.45, 7) is 10.3. The van der Waals surface area contributed by atoms with Crippen LogP contribution in [0.15, 0.2) is 53.5 Å². The first kappa shape index (κ1) is 63.7. The molecule has 26 nitrogen and oxygen atoms in total. The minimum Gasteiger partial charge on any atom is -0.481 e. The number of nitrogens with two attached hydrogens (primary N) is 2. The zero-order valence-electron chi connectivity index (χ0n) is 49.6. The fraction of sp³-hybridized carbons (Fsp3) is 0.459. The molecule has 8 bridgehead atoms. The van der Waals surface area contributed by atoms with Gasteiger partial charge in [-0.05, 0) is 94.2 Å². The number of Topliss-reactive ketones (excluding diaryl/α,β-unsaturated/α-hetero) is 2. The van der Waals surface area contributed by atoms with E-state index in [4.69, 9.17) is 26.2 Å². The molecule has 1 unspecified atom stereocenters. The number of methoxy groups -OCH3 is 1. The number of aromatic nitrogens is 4. The number of aromatic amines is 2. The van der Waals surface area contributed by atoms with Gasteiger partial charge in [0.1, 0.15) is 24.2 Å². The zero-order chi connectivity index (χ0) is 63.2. The summed E-state index contributed by atoms with van der Waals surface area (Å²) in [6.07, 6.45) is -0.0719. The molecule has 3 aliphatic heterocycles. The number of aliphatic carboxylic acids is 1. The number of carbonyl (C=O) groups is 10. The lowest BCUT2D eigenvalue weighted by Crippen LogP contribution is -2.58. The van der Waals surface area contributed by atoms with E-state index in [0.29, 0.717) is 44.5 Å². The number of ether oxygens (including phenoxy) is 1. The predicted octanol–water partition coefficient (Wildman–Crippen LogP) is 2.39. The molecule has 1 aromatic carbocycles. The smallest absolute Gasteiger partial charge is 0.351 e. The van der Waals surface area contributed by atoms with Gasteiger partial charge in [0.2, 0.25) is 41.2 Å². The van der Waals surface area contributed by atoms with E-state index in [9.17, 15) is 58.2 Å². The number of guanidine groups is 1. The number of nitrogens with one attached hydrogen (secondary N) is 8. The lowest BCUT2D eigenvalue weighted by Gasteiger charge is -2.26. The van der Waals surface area contributed by atoms with Crippen molar-refractivity contribution >= 4 is 87.0 Å². The average molecular weight is 1200 g/mol. The van der Waals surface area contributed by atoms with Crippen LogP contribution in [0.5, 0.6) is 0 Å². The lowest BCUT2D eigenvalue weighted by atomic mass is 9.83. The van der Waals surface area contributed by atoms with Crippen LogP contribution in [0.25, 0.3) is 22.1 Å². The standard InChI is InChI=1S/C61H75N13O13/c1-8-34-28(2)38-25-43-49(32(6)75)30(4)40(68-43)23-39-29(3)35(52(70-39)51-53-50(54(80)61(51,86)59(85)87-7)31(5)41(71-53)24-42(34)67-38)22-46(76)64-19-13-12-17-37-56(82)72-36(18-14-20-65-60(62)63)55(81)66-27-47(77)69-45(26-48(78)79)58(84)74-44(57(83)73-37)21-33-15-10-9-11-16-33/h9-11,15-16,23-25,28-29,34-37,44-45,68,71,86H,8,12-14,17-22,26-27H2,1-7H3,(H,64,76)(H,66,81)(H,69,77)(H,72,82)(H,73,83)(H,74,84)(H,78,79)(H4,62,63,65)/t28-,29+,34-,35+,36+,37+,44-,45+,61?/m1/s1. The molecule has 3 aromatic heterocycles. The van der Waals surface area contributed by atoms with Gasteiger partial charge in [0, 0.05) is 88.8 Å². The van der Waals surface area contributed by atoms with Crippen molar-refractivity contribution in [3.63, 3.8) is 0 Å². The first-order chi connectivity index (χ1) is 41.4. The van der Waals surface area contributed by atoms with Gasteiger partial charge >= 0.3 is 11.9 Å². The summed E-state index contributed by atoms with van der Waals surface area (Å²) in [5.41, 5.74) is 13.8.